The summed E-state index contributed by atoms with van der Waals surface area (Å²) in [5.41, 5.74) is 0. The minimum atomic E-state index is -1.15. The van der Waals surface area contributed by atoms with E-state index < -0.39 is 30.1 Å². The van der Waals surface area contributed by atoms with E-state index in [0.29, 0.717) is 0 Å². The van der Waals surface area contributed by atoms with Crippen LogP contribution in [0.15, 0.2) is 0 Å². The molecule has 0 aromatic rings. The molecule has 1 aliphatic rings. The molecule has 1 saturated heterocycles. The molecule has 0 radical (unpaired) electrons. The van der Waals surface area contributed by atoms with Gasteiger partial charge in [-0.25, -0.2) is 9.59 Å². The highest BCUT2D eigenvalue weighted by molar-refractivity contribution is 5.83. The number of rotatable bonds is 4. The van der Waals surface area contributed by atoms with Gasteiger partial charge in [0.1, 0.15) is 6.04 Å². The van der Waals surface area contributed by atoms with Crippen LogP contribution in [0.3, 0.4) is 0 Å². The largest absolute Gasteiger partial charge is 0.480 e. The molecule has 0 spiro atoms. The Bertz CT molecular complexity index is 372. The number of ether oxygens (including phenoxy) is 1. The number of aliphatic hydroxyl groups excluding tert-OH is 1. The van der Waals surface area contributed by atoms with E-state index in [4.69, 9.17) is 5.11 Å². The molecule has 1 rings (SSSR count). The highest BCUT2D eigenvalue weighted by Gasteiger charge is 2.40. The van der Waals surface area contributed by atoms with E-state index in [0.717, 1.165) is 4.90 Å². The molecular weight excluding hydrogens is 256 g/mol. The first-order valence-electron chi connectivity index (χ1n) is 5.86. The Kier molecular flexibility index (Phi) is 5.11. The van der Waals surface area contributed by atoms with Crippen molar-refractivity contribution in [2.24, 2.45) is 0 Å². The van der Waals surface area contributed by atoms with Crippen LogP contribution >= 0.6 is 0 Å². The molecule has 8 heteroatoms. The van der Waals surface area contributed by atoms with Gasteiger partial charge in [-0.1, -0.05) is 0 Å². The van der Waals surface area contributed by atoms with Gasteiger partial charge < -0.3 is 24.7 Å². The van der Waals surface area contributed by atoms with Gasteiger partial charge in [0.2, 0.25) is 0 Å². The lowest BCUT2D eigenvalue weighted by molar-refractivity contribution is -0.142. The number of hydrogen-bond donors (Lipinski definition) is 2. The van der Waals surface area contributed by atoms with Crippen molar-refractivity contribution in [1.82, 2.24) is 9.80 Å². The molecule has 1 aliphatic heterocycles. The lowest BCUT2D eigenvalue weighted by atomic mass is 10.2. The second kappa shape index (κ2) is 6.37. The Hall–Kier alpha value is -1.83. The number of hydrogen-bond acceptors (Lipinski definition) is 5. The van der Waals surface area contributed by atoms with Crippen LogP contribution in [0.1, 0.15) is 12.8 Å². The standard InChI is InChI=1S/C11H18N2O6/c1-12(4-3-9(15)19-2)11(18)13-6-7(14)5-8(13)10(16)17/h7-8,14H,3-6H2,1-2H3,(H,16,17)/t7-,8+/m1/s1. The summed E-state index contributed by atoms with van der Waals surface area (Å²) in [4.78, 5) is 36.4. The summed E-state index contributed by atoms with van der Waals surface area (Å²) < 4.78 is 4.46. The van der Waals surface area contributed by atoms with Crippen molar-refractivity contribution < 1.29 is 29.3 Å². The number of aliphatic hydroxyl groups is 1. The number of carbonyl (C=O) groups excluding carboxylic acids is 2. The van der Waals surface area contributed by atoms with E-state index in [-0.39, 0.29) is 25.9 Å². The van der Waals surface area contributed by atoms with Crippen LogP contribution in [-0.2, 0) is 14.3 Å². The first-order chi connectivity index (χ1) is 8.86. The maximum atomic E-state index is 12.0. The first kappa shape index (κ1) is 15.2. The molecule has 2 N–H and O–H groups in total. The Morgan fingerprint density at radius 1 is 1.42 bits per heavy atom. The van der Waals surface area contributed by atoms with Crippen LogP contribution in [0, 0.1) is 0 Å². The third-order valence-corrected chi connectivity index (χ3v) is 3.02. The number of aliphatic carboxylic acids is 1. The third kappa shape index (κ3) is 3.82. The summed E-state index contributed by atoms with van der Waals surface area (Å²) in [6, 6.07) is -1.55. The summed E-state index contributed by atoms with van der Waals surface area (Å²) in [5, 5.41) is 18.4. The van der Waals surface area contributed by atoms with E-state index in [1.807, 2.05) is 0 Å². The van der Waals surface area contributed by atoms with Gasteiger partial charge in [0.25, 0.3) is 0 Å². The van der Waals surface area contributed by atoms with Gasteiger partial charge in [-0.2, -0.15) is 0 Å². The van der Waals surface area contributed by atoms with Crippen molar-refractivity contribution in [3.05, 3.63) is 0 Å². The van der Waals surface area contributed by atoms with E-state index in [2.05, 4.69) is 4.74 Å². The maximum absolute atomic E-state index is 12.0. The van der Waals surface area contributed by atoms with Gasteiger partial charge in [-0.3, -0.25) is 4.79 Å². The molecule has 2 atom stereocenters. The van der Waals surface area contributed by atoms with Crippen molar-refractivity contribution in [2.75, 3.05) is 27.2 Å². The number of urea groups is 1. The van der Waals surface area contributed by atoms with Gasteiger partial charge in [-0.05, 0) is 0 Å². The number of nitrogens with zero attached hydrogens (tertiary/aromatic N) is 2. The van der Waals surface area contributed by atoms with Gasteiger partial charge in [-0.15, -0.1) is 0 Å². The van der Waals surface area contributed by atoms with Gasteiger partial charge in [0.15, 0.2) is 0 Å². The van der Waals surface area contributed by atoms with Crippen LogP contribution in [-0.4, -0.2) is 77.4 Å². The number of β-amino-alcohol motifs (C(OH)–C–C–N with tert-alkyl or cyclic N) is 1. The van der Waals surface area contributed by atoms with E-state index in [1.54, 1.807) is 0 Å². The summed E-state index contributed by atoms with van der Waals surface area (Å²) in [6.45, 7) is 0.114. The smallest absolute Gasteiger partial charge is 0.326 e. The fourth-order valence-corrected chi connectivity index (χ4v) is 1.94. The minimum absolute atomic E-state index is 0.0155. The topological polar surface area (TPSA) is 107 Å². The quantitative estimate of drug-likeness (QED) is 0.645. The van der Waals surface area contributed by atoms with Crippen LogP contribution in [0.25, 0.3) is 0 Å². The molecule has 108 valence electrons. The normalized spacial score (nSPS) is 22.2. The summed E-state index contributed by atoms with van der Waals surface area (Å²) in [6.07, 6.45) is -0.780. The molecule has 19 heavy (non-hydrogen) atoms. The number of likely N-dealkylation sites (tertiary alicyclic amines) is 1. The zero-order valence-corrected chi connectivity index (χ0v) is 10.9. The first-order valence-corrected chi connectivity index (χ1v) is 5.86. The molecule has 0 unspecified atom stereocenters. The summed E-state index contributed by atoms with van der Waals surface area (Å²) in [7, 11) is 2.72. The average molecular weight is 274 g/mol. The number of methoxy groups -OCH3 is 1. The third-order valence-electron chi connectivity index (χ3n) is 3.02. The predicted octanol–water partition coefficient (Wildman–Crippen LogP) is -0.879. The second-order valence-corrected chi connectivity index (χ2v) is 4.43. The van der Waals surface area contributed by atoms with Crippen molar-refractivity contribution >= 4 is 18.0 Å². The van der Waals surface area contributed by atoms with Gasteiger partial charge in [0, 0.05) is 26.6 Å². The SMILES string of the molecule is COC(=O)CCN(C)C(=O)N1C[C@H](O)C[C@H]1C(=O)O. The minimum Gasteiger partial charge on any atom is -0.480 e. The van der Waals surface area contributed by atoms with Crippen LogP contribution in [0.2, 0.25) is 0 Å². The summed E-state index contributed by atoms with van der Waals surface area (Å²) >= 11 is 0. The second-order valence-electron chi connectivity index (χ2n) is 4.43. The molecule has 0 aromatic heterocycles. The number of carboxylic acid groups (broad SMARTS) is 1. The molecule has 2 amide bonds. The van der Waals surface area contributed by atoms with Crippen molar-refractivity contribution in [2.45, 2.75) is 25.0 Å². The van der Waals surface area contributed by atoms with Gasteiger partial charge >= 0.3 is 18.0 Å². The molecule has 8 nitrogen and oxygen atoms in total. The number of amides is 2. The molecule has 0 bridgehead atoms. The van der Waals surface area contributed by atoms with Crippen molar-refractivity contribution in [1.29, 1.82) is 0 Å². The Labute approximate surface area is 110 Å². The van der Waals surface area contributed by atoms with E-state index in [1.165, 1.54) is 19.1 Å². The number of carbonyl (C=O) groups is 3. The zero-order valence-electron chi connectivity index (χ0n) is 10.9. The fourth-order valence-electron chi connectivity index (χ4n) is 1.94. The molecule has 0 aliphatic carbocycles. The van der Waals surface area contributed by atoms with Crippen LogP contribution < -0.4 is 0 Å². The maximum Gasteiger partial charge on any atom is 0.326 e. The van der Waals surface area contributed by atoms with E-state index in [9.17, 15) is 19.5 Å². The zero-order chi connectivity index (χ0) is 14.6. The monoisotopic (exact) mass is 274 g/mol. The average Bonchev–Trinajstić information content (AvgIpc) is 2.76. The van der Waals surface area contributed by atoms with Crippen LogP contribution in [0.5, 0.6) is 0 Å². The molecular formula is C11H18N2O6. The van der Waals surface area contributed by atoms with E-state index >= 15 is 0 Å². The highest BCUT2D eigenvalue weighted by Crippen LogP contribution is 2.19. The Balaban J connectivity index is 2.60. The lowest BCUT2D eigenvalue weighted by Crippen LogP contribution is -2.47. The molecule has 1 fully saturated rings. The Morgan fingerprint density at radius 2 is 2.05 bits per heavy atom. The highest BCUT2D eigenvalue weighted by atomic mass is 16.5. The number of carboxylic acids is 1. The number of esters is 1. The van der Waals surface area contributed by atoms with Gasteiger partial charge in [0.05, 0.1) is 19.6 Å². The van der Waals surface area contributed by atoms with Crippen LogP contribution in [0.4, 0.5) is 4.79 Å². The summed E-state index contributed by atoms with van der Waals surface area (Å²) in [5.74, 6) is -1.60. The molecule has 0 aromatic carbocycles. The van der Waals surface area contributed by atoms with Crippen molar-refractivity contribution in [3.63, 3.8) is 0 Å². The van der Waals surface area contributed by atoms with Crippen molar-refractivity contribution in [3.8, 4) is 0 Å². The lowest BCUT2D eigenvalue weighted by Gasteiger charge is -2.27. The molecule has 1 heterocycles. The molecule has 0 saturated carbocycles. The fraction of sp³-hybridized carbons (Fsp3) is 0.727. The Morgan fingerprint density at radius 3 is 2.58 bits per heavy atom. The predicted molar refractivity (Wildman–Crippen MR) is 63.4 cm³/mol.